The van der Waals surface area contributed by atoms with E-state index >= 15 is 0 Å². The number of likely N-dealkylation sites (tertiary alicyclic amines) is 1. The van der Waals surface area contributed by atoms with Gasteiger partial charge in [0.05, 0.1) is 0 Å². The smallest absolute Gasteiger partial charge is 0.123 e. The first kappa shape index (κ1) is 17.1. The Kier molecular flexibility index (Phi) is 5.64. The predicted molar refractivity (Wildman–Crippen MR) is 95.2 cm³/mol. The summed E-state index contributed by atoms with van der Waals surface area (Å²) in [7, 11) is 0. The van der Waals surface area contributed by atoms with E-state index in [9.17, 15) is 9.50 Å². The Morgan fingerprint density at radius 2 is 1.75 bits per heavy atom. The second kappa shape index (κ2) is 7.91. The van der Waals surface area contributed by atoms with Crippen LogP contribution < -0.4 is 0 Å². The van der Waals surface area contributed by atoms with Gasteiger partial charge in [0.15, 0.2) is 0 Å². The molecule has 1 fully saturated rings. The van der Waals surface area contributed by atoms with Crippen LogP contribution in [0.15, 0.2) is 54.6 Å². The van der Waals surface area contributed by atoms with E-state index in [0.717, 1.165) is 50.9 Å². The molecule has 0 bridgehead atoms. The third kappa shape index (κ3) is 4.43. The van der Waals surface area contributed by atoms with Gasteiger partial charge in [-0.05, 0) is 55.5 Å². The molecule has 1 aliphatic heterocycles. The maximum atomic E-state index is 13.1. The first-order chi connectivity index (χ1) is 11.7. The van der Waals surface area contributed by atoms with Gasteiger partial charge in [-0.1, -0.05) is 42.5 Å². The maximum absolute atomic E-state index is 13.1. The molecule has 0 radical (unpaired) electrons. The van der Waals surface area contributed by atoms with Crippen LogP contribution in [0.5, 0.6) is 0 Å². The summed E-state index contributed by atoms with van der Waals surface area (Å²) in [6.45, 7) is 3.02. The molecular weight excluding hydrogens is 301 g/mol. The fourth-order valence-electron chi connectivity index (χ4n) is 3.76. The molecule has 3 heteroatoms. The average molecular weight is 327 g/mol. The zero-order valence-corrected chi connectivity index (χ0v) is 14.1. The minimum absolute atomic E-state index is 0.0197. The highest BCUT2D eigenvalue weighted by molar-refractivity contribution is 5.17. The highest BCUT2D eigenvalue weighted by atomic mass is 19.1. The van der Waals surface area contributed by atoms with Crippen molar-refractivity contribution in [2.75, 3.05) is 19.7 Å². The quantitative estimate of drug-likeness (QED) is 0.866. The van der Waals surface area contributed by atoms with Crippen LogP contribution in [0.2, 0.25) is 0 Å². The van der Waals surface area contributed by atoms with Crippen LogP contribution in [0, 0.1) is 11.2 Å². The van der Waals surface area contributed by atoms with Crippen molar-refractivity contribution in [3.05, 3.63) is 71.5 Å². The molecule has 1 N–H and O–H groups in total. The number of aryl methyl sites for hydroxylation is 1. The number of nitrogens with zero attached hydrogens (tertiary/aromatic N) is 1. The summed E-state index contributed by atoms with van der Waals surface area (Å²) in [5.41, 5.74) is 2.45. The Morgan fingerprint density at radius 1 is 1.00 bits per heavy atom. The van der Waals surface area contributed by atoms with E-state index in [1.54, 1.807) is 0 Å². The lowest BCUT2D eigenvalue weighted by Crippen LogP contribution is -2.45. The summed E-state index contributed by atoms with van der Waals surface area (Å²) in [5.74, 6) is -0.190. The van der Waals surface area contributed by atoms with Gasteiger partial charge in [-0.3, -0.25) is 4.90 Å². The number of benzene rings is 2. The standard InChI is InChI=1S/C21H26FNO/c22-20-9-7-19(8-10-20)15-23-14-4-12-21(16-23,17-24)13-11-18-5-2-1-3-6-18/h1-3,5-10,24H,4,11-17H2/t21-/m1/s1. The number of hydrogen-bond acceptors (Lipinski definition) is 2. The van der Waals surface area contributed by atoms with Crippen molar-refractivity contribution >= 4 is 0 Å². The minimum Gasteiger partial charge on any atom is -0.396 e. The van der Waals surface area contributed by atoms with Gasteiger partial charge in [0, 0.05) is 25.1 Å². The third-order valence-electron chi connectivity index (χ3n) is 5.18. The maximum Gasteiger partial charge on any atom is 0.123 e. The third-order valence-corrected chi connectivity index (χ3v) is 5.18. The molecule has 1 aliphatic rings. The summed E-state index contributed by atoms with van der Waals surface area (Å²) in [6, 6.07) is 17.3. The highest BCUT2D eigenvalue weighted by Gasteiger charge is 2.34. The van der Waals surface area contributed by atoms with Gasteiger partial charge in [-0.2, -0.15) is 0 Å². The van der Waals surface area contributed by atoms with E-state index in [1.165, 1.54) is 17.7 Å². The zero-order valence-electron chi connectivity index (χ0n) is 14.1. The summed E-state index contributed by atoms with van der Waals surface area (Å²) in [5, 5.41) is 10.1. The average Bonchev–Trinajstić information content (AvgIpc) is 2.63. The van der Waals surface area contributed by atoms with Gasteiger partial charge in [0.2, 0.25) is 0 Å². The van der Waals surface area contributed by atoms with Crippen molar-refractivity contribution in [3.63, 3.8) is 0 Å². The summed E-state index contributed by atoms with van der Waals surface area (Å²) < 4.78 is 13.1. The molecule has 1 saturated heterocycles. The second-order valence-electron chi connectivity index (χ2n) is 7.08. The largest absolute Gasteiger partial charge is 0.396 e. The molecule has 0 aliphatic carbocycles. The molecule has 1 heterocycles. The number of piperidine rings is 1. The number of aliphatic hydroxyl groups is 1. The normalized spacial score (nSPS) is 21.8. The molecule has 2 aromatic rings. The van der Waals surface area contributed by atoms with Gasteiger partial charge in [0.25, 0.3) is 0 Å². The van der Waals surface area contributed by atoms with Gasteiger partial charge < -0.3 is 5.11 Å². The molecule has 0 aromatic heterocycles. The lowest BCUT2D eigenvalue weighted by atomic mass is 9.76. The van der Waals surface area contributed by atoms with Crippen LogP contribution in [0.25, 0.3) is 0 Å². The second-order valence-corrected chi connectivity index (χ2v) is 7.08. The van der Waals surface area contributed by atoms with Crippen molar-refractivity contribution in [3.8, 4) is 0 Å². The molecular formula is C21H26FNO. The molecule has 0 amide bonds. The molecule has 0 saturated carbocycles. The van der Waals surface area contributed by atoms with E-state index in [4.69, 9.17) is 0 Å². The van der Waals surface area contributed by atoms with Crippen molar-refractivity contribution in [1.29, 1.82) is 0 Å². The molecule has 2 nitrogen and oxygen atoms in total. The lowest BCUT2D eigenvalue weighted by molar-refractivity contribution is 0.0224. The molecule has 1 atom stereocenters. The van der Waals surface area contributed by atoms with Crippen molar-refractivity contribution < 1.29 is 9.50 Å². The SMILES string of the molecule is OC[C@@]1(CCc2ccccc2)CCCN(Cc2ccc(F)cc2)C1. The van der Waals surface area contributed by atoms with E-state index in [1.807, 2.05) is 18.2 Å². The summed E-state index contributed by atoms with van der Waals surface area (Å²) >= 11 is 0. The van der Waals surface area contributed by atoms with Crippen LogP contribution >= 0.6 is 0 Å². The molecule has 0 spiro atoms. The first-order valence-electron chi connectivity index (χ1n) is 8.81. The van der Waals surface area contributed by atoms with Gasteiger partial charge in [-0.25, -0.2) is 4.39 Å². The molecule has 0 unspecified atom stereocenters. The van der Waals surface area contributed by atoms with Crippen LogP contribution in [-0.2, 0) is 13.0 Å². The lowest BCUT2D eigenvalue weighted by Gasteiger charge is -2.42. The number of halogens is 1. The van der Waals surface area contributed by atoms with Crippen molar-refractivity contribution in [1.82, 2.24) is 4.90 Å². The Labute approximate surface area is 143 Å². The Hall–Kier alpha value is -1.71. The number of hydrogen-bond donors (Lipinski definition) is 1. The fraction of sp³-hybridized carbons (Fsp3) is 0.429. The topological polar surface area (TPSA) is 23.5 Å². The number of aliphatic hydroxyl groups excluding tert-OH is 1. The van der Waals surface area contributed by atoms with Gasteiger partial charge in [-0.15, -0.1) is 0 Å². The zero-order chi connectivity index (χ0) is 16.8. The van der Waals surface area contributed by atoms with Gasteiger partial charge >= 0.3 is 0 Å². The summed E-state index contributed by atoms with van der Waals surface area (Å²) in [4.78, 5) is 2.40. The molecule has 2 aromatic carbocycles. The minimum atomic E-state index is -0.190. The van der Waals surface area contributed by atoms with E-state index < -0.39 is 0 Å². The van der Waals surface area contributed by atoms with E-state index in [-0.39, 0.29) is 17.8 Å². The van der Waals surface area contributed by atoms with Crippen molar-refractivity contribution in [2.45, 2.75) is 32.2 Å². The first-order valence-corrected chi connectivity index (χ1v) is 8.81. The van der Waals surface area contributed by atoms with Crippen LogP contribution in [0.1, 0.15) is 30.4 Å². The monoisotopic (exact) mass is 327 g/mol. The molecule has 128 valence electrons. The van der Waals surface area contributed by atoms with Crippen LogP contribution in [0.3, 0.4) is 0 Å². The summed E-state index contributed by atoms with van der Waals surface area (Å²) in [6.07, 6.45) is 4.20. The molecule has 3 rings (SSSR count). The van der Waals surface area contributed by atoms with Crippen LogP contribution in [0.4, 0.5) is 4.39 Å². The number of rotatable bonds is 6. The van der Waals surface area contributed by atoms with E-state index in [0.29, 0.717) is 0 Å². The molecule has 24 heavy (non-hydrogen) atoms. The Morgan fingerprint density at radius 3 is 2.46 bits per heavy atom. The Balaban J connectivity index is 1.62. The fourth-order valence-corrected chi connectivity index (χ4v) is 3.76. The van der Waals surface area contributed by atoms with E-state index in [2.05, 4.69) is 29.2 Å². The van der Waals surface area contributed by atoms with Gasteiger partial charge in [0.1, 0.15) is 5.82 Å². The highest BCUT2D eigenvalue weighted by Crippen LogP contribution is 2.35. The Bertz CT molecular complexity index is 628. The predicted octanol–water partition coefficient (Wildman–Crippen LogP) is 4.03. The van der Waals surface area contributed by atoms with Crippen molar-refractivity contribution in [2.24, 2.45) is 5.41 Å². The van der Waals surface area contributed by atoms with Crippen LogP contribution in [-0.4, -0.2) is 29.7 Å².